The summed E-state index contributed by atoms with van der Waals surface area (Å²) in [6.07, 6.45) is 9.21. The van der Waals surface area contributed by atoms with Crippen molar-refractivity contribution in [3.8, 4) is 0 Å². The summed E-state index contributed by atoms with van der Waals surface area (Å²) in [6.45, 7) is 2.27. The third-order valence-corrected chi connectivity index (χ3v) is 5.44. The van der Waals surface area contributed by atoms with Gasteiger partial charge in [0.15, 0.2) is 0 Å². The van der Waals surface area contributed by atoms with E-state index in [0.29, 0.717) is 6.04 Å². The zero-order valence-electron chi connectivity index (χ0n) is 12.6. The molecular formula is C18H28N2. The number of unbranched alkanes of at least 4 members (excludes halogenated alkanes) is 3. The molecule has 110 valence electrons. The predicted octanol–water partition coefficient (Wildman–Crippen LogP) is 3.76. The van der Waals surface area contributed by atoms with Gasteiger partial charge in [0.05, 0.1) is 0 Å². The largest absolute Gasteiger partial charge is 0.271 e. The highest BCUT2D eigenvalue weighted by Crippen LogP contribution is 2.61. The van der Waals surface area contributed by atoms with Gasteiger partial charge in [-0.25, -0.2) is 0 Å². The zero-order valence-corrected chi connectivity index (χ0v) is 12.6. The smallest absolute Gasteiger partial charge is 0.0247 e. The highest BCUT2D eigenvalue weighted by Gasteiger charge is 2.55. The van der Waals surface area contributed by atoms with E-state index < -0.39 is 0 Å². The van der Waals surface area contributed by atoms with Crippen LogP contribution in [-0.4, -0.2) is 6.04 Å². The normalized spacial score (nSPS) is 28.6. The van der Waals surface area contributed by atoms with Gasteiger partial charge in [-0.15, -0.1) is 0 Å². The van der Waals surface area contributed by atoms with Crippen LogP contribution in [0.2, 0.25) is 0 Å². The van der Waals surface area contributed by atoms with Gasteiger partial charge < -0.3 is 0 Å². The molecule has 0 bridgehead atoms. The molecule has 1 fully saturated rings. The lowest BCUT2D eigenvalue weighted by Gasteiger charge is -2.16. The second kappa shape index (κ2) is 6.28. The highest BCUT2D eigenvalue weighted by atomic mass is 15.2. The Morgan fingerprint density at radius 2 is 2.10 bits per heavy atom. The van der Waals surface area contributed by atoms with E-state index in [1.54, 1.807) is 11.1 Å². The molecule has 0 aliphatic heterocycles. The van der Waals surface area contributed by atoms with Crippen molar-refractivity contribution in [1.29, 1.82) is 0 Å². The average molecular weight is 272 g/mol. The molecule has 0 heterocycles. The molecule has 1 aromatic rings. The maximum absolute atomic E-state index is 5.85. The Morgan fingerprint density at radius 3 is 2.90 bits per heavy atom. The quantitative estimate of drug-likeness (QED) is 0.450. The Bertz CT molecular complexity index is 443. The van der Waals surface area contributed by atoms with E-state index in [0.717, 1.165) is 17.8 Å². The summed E-state index contributed by atoms with van der Waals surface area (Å²) in [4.78, 5) is 0. The molecule has 0 amide bonds. The molecule has 4 atom stereocenters. The van der Waals surface area contributed by atoms with Crippen molar-refractivity contribution in [2.45, 2.75) is 63.8 Å². The van der Waals surface area contributed by atoms with Crippen molar-refractivity contribution in [3.63, 3.8) is 0 Å². The van der Waals surface area contributed by atoms with Crippen LogP contribution in [-0.2, 0) is 6.42 Å². The number of hydrazine groups is 1. The number of nitrogens with one attached hydrogen (secondary N) is 1. The molecule has 0 aromatic heterocycles. The van der Waals surface area contributed by atoms with Crippen LogP contribution in [0.1, 0.15) is 62.5 Å². The van der Waals surface area contributed by atoms with E-state index in [1.165, 1.54) is 44.9 Å². The van der Waals surface area contributed by atoms with E-state index in [-0.39, 0.29) is 0 Å². The summed E-state index contributed by atoms with van der Waals surface area (Å²) in [5.41, 5.74) is 6.32. The fourth-order valence-electron chi connectivity index (χ4n) is 4.35. The summed E-state index contributed by atoms with van der Waals surface area (Å²) in [7, 11) is 0. The first kappa shape index (κ1) is 14.1. The van der Waals surface area contributed by atoms with Gasteiger partial charge in [0.2, 0.25) is 0 Å². The number of hydrogen-bond donors (Lipinski definition) is 2. The number of nitrogens with two attached hydrogens (primary N) is 1. The fourth-order valence-corrected chi connectivity index (χ4v) is 4.35. The van der Waals surface area contributed by atoms with Gasteiger partial charge in [-0.05, 0) is 48.1 Å². The Balaban J connectivity index is 1.62. The van der Waals surface area contributed by atoms with Crippen LogP contribution < -0.4 is 11.3 Å². The summed E-state index contributed by atoms with van der Waals surface area (Å²) in [5, 5.41) is 0. The molecule has 3 N–H and O–H groups in total. The monoisotopic (exact) mass is 272 g/mol. The maximum Gasteiger partial charge on any atom is 0.0247 e. The molecule has 1 aromatic carbocycles. The van der Waals surface area contributed by atoms with Crippen LogP contribution in [0.4, 0.5) is 0 Å². The minimum absolute atomic E-state index is 0.521. The topological polar surface area (TPSA) is 38.0 Å². The molecule has 0 saturated heterocycles. The van der Waals surface area contributed by atoms with Crippen molar-refractivity contribution in [1.82, 2.24) is 5.43 Å². The van der Waals surface area contributed by atoms with Gasteiger partial charge in [-0.1, -0.05) is 56.9 Å². The molecule has 0 radical (unpaired) electrons. The molecule has 2 aliphatic carbocycles. The second-order valence-electron chi connectivity index (χ2n) is 6.63. The molecule has 0 spiro atoms. The zero-order chi connectivity index (χ0) is 13.9. The van der Waals surface area contributed by atoms with Crippen molar-refractivity contribution in [2.24, 2.45) is 17.7 Å². The number of aryl methyl sites for hydroxylation is 1. The fraction of sp³-hybridized carbons (Fsp3) is 0.667. The first-order chi connectivity index (χ1) is 9.86. The standard InChI is InChI=1S/C18H28N2/c1-2-3-4-5-10-16(20-19)18-15-12-11-13-8-6-7-9-14(13)17(15)18/h6-9,15-18,20H,2-5,10-12,19H2,1H3. The lowest BCUT2D eigenvalue weighted by atomic mass is 9.92. The van der Waals surface area contributed by atoms with Crippen molar-refractivity contribution >= 4 is 0 Å². The van der Waals surface area contributed by atoms with Crippen LogP contribution in [0.15, 0.2) is 24.3 Å². The van der Waals surface area contributed by atoms with Crippen molar-refractivity contribution in [3.05, 3.63) is 35.4 Å². The number of benzene rings is 1. The van der Waals surface area contributed by atoms with Crippen LogP contribution >= 0.6 is 0 Å². The lowest BCUT2D eigenvalue weighted by molar-refractivity contribution is 0.401. The lowest BCUT2D eigenvalue weighted by Crippen LogP contribution is -2.37. The second-order valence-corrected chi connectivity index (χ2v) is 6.63. The average Bonchev–Trinajstić information content (AvgIpc) is 3.22. The van der Waals surface area contributed by atoms with Gasteiger partial charge in [-0.2, -0.15) is 0 Å². The SMILES string of the molecule is CCCCCCC(NN)C1C2CCc3ccccc3C21. The van der Waals surface area contributed by atoms with Crippen LogP contribution in [0.25, 0.3) is 0 Å². The van der Waals surface area contributed by atoms with E-state index in [9.17, 15) is 0 Å². The molecule has 1 saturated carbocycles. The Hall–Kier alpha value is -0.860. The minimum atomic E-state index is 0.521. The van der Waals surface area contributed by atoms with E-state index in [2.05, 4.69) is 36.6 Å². The third-order valence-electron chi connectivity index (χ3n) is 5.44. The highest BCUT2D eigenvalue weighted by molar-refractivity contribution is 5.40. The summed E-state index contributed by atoms with van der Waals surface area (Å²) in [5.74, 6) is 8.31. The maximum atomic E-state index is 5.85. The minimum Gasteiger partial charge on any atom is -0.271 e. The van der Waals surface area contributed by atoms with Crippen LogP contribution in [0.3, 0.4) is 0 Å². The number of fused-ring (bicyclic) bond motifs is 3. The summed E-state index contributed by atoms with van der Waals surface area (Å²) >= 11 is 0. The first-order valence-corrected chi connectivity index (χ1v) is 8.40. The van der Waals surface area contributed by atoms with E-state index >= 15 is 0 Å². The van der Waals surface area contributed by atoms with Gasteiger partial charge in [0, 0.05) is 6.04 Å². The third kappa shape index (κ3) is 2.64. The van der Waals surface area contributed by atoms with Crippen molar-refractivity contribution in [2.75, 3.05) is 0 Å². The Morgan fingerprint density at radius 1 is 1.25 bits per heavy atom. The Labute approximate surface area is 123 Å². The van der Waals surface area contributed by atoms with Gasteiger partial charge in [0.1, 0.15) is 0 Å². The molecular weight excluding hydrogens is 244 g/mol. The molecule has 3 rings (SSSR count). The Kier molecular flexibility index (Phi) is 4.42. The first-order valence-electron chi connectivity index (χ1n) is 8.40. The summed E-state index contributed by atoms with van der Waals surface area (Å²) < 4.78 is 0. The number of rotatable bonds is 7. The van der Waals surface area contributed by atoms with Gasteiger partial charge in [0.25, 0.3) is 0 Å². The molecule has 2 heteroatoms. The van der Waals surface area contributed by atoms with Gasteiger partial charge >= 0.3 is 0 Å². The predicted molar refractivity (Wildman–Crippen MR) is 84.4 cm³/mol. The van der Waals surface area contributed by atoms with Crippen molar-refractivity contribution < 1.29 is 0 Å². The van der Waals surface area contributed by atoms with Crippen LogP contribution in [0.5, 0.6) is 0 Å². The van der Waals surface area contributed by atoms with E-state index in [4.69, 9.17) is 5.84 Å². The number of hydrogen-bond acceptors (Lipinski definition) is 2. The van der Waals surface area contributed by atoms with Crippen LogP contribution in [0, 0.1) is 11.8 Å². The summed E-state index contributed by atoms with van der Waals surface area (Å²) in [6, 6.07) is 9.56. The van der Waals surface area contributed by atoms with E-state index in [1.807, 2.05) is 0 Å². The van der Waals surface area contributed by atoms with Gasteiger partial charge in [-0.3, -0.25) is 11.3 Å². The molecule has 4 unspecified atom stereocenters. The molecule has 20 heavy (non-hydrogen) atoms. The molecule has 2 aliphatic rings. The molecule has 2 nitrogen and oxygen atoms in total.